The maximum Gasteiger partial charge on any atom is 0.0276 e. The Morgan fingerprint density at radius 3 is 1.14 bits per heavy atom. The van der Waals surface area contributed by atoms with Crippen molar-refractivity contribution in [1.82, 2.24) is 38.0 Å². The number of nitrogens with zero attached hydrogens (tertiary/aromatic N) is 6. The number of aryl methyl sites for hydroxylation is 6. The summed E-state index contributed by atoms with van der Waals surface area (Å²) in [7, 11) is 9.51. The molecule has 0 aliphatic rings. The molecule has 6 heterocycles. The topological polar surface area (TPSA) is 277 Å². The summed E-state index contributed by atoms with van der Waals surface area (Å²) in [6, 6.07) is 9.09. The zero-order valence-corrected chi connectivity index (χ0v) is 36.7. The van der Waals surface area contributed by atoms with Crippen molar-refractivity contribution in [3.05, 3.63) is 113 Å². The van der Waals surface area contributed by atoms with Gasteiger partial charge in [0.1, 0.15) is 22.8 Å². The first kappa shape index (κ1) is 46.4. The summed E-state index contributed by atoms with van der Waals surface area (Å²) in [6.07, 6.45) is 9.90. The number of amides is 6. The molecule has 0 bridgehead atoms. The van der Waals surface area contributed by atoms with E-state index in [1.807, 2.05) is 0 Å². The molecule has 65 heavy (non-hydrogen) atoms. The van der Waals surface area contributed by atoms with Crippen LogP contribution in [0.1, 0.15) is 74.9 Å². The van der Waals surface area contributed by atoms with Crippen molar-refractivity contribution in [2.24, 2.45) is 42.3 Å². The maximum absolute atomic E-state index is 13.2. The van der Waals surface area contributed by atoms with E-state index >= 15 is 0 Å². The van der Waals surface area contributed by atoms with Crippen LogP contribution >= 0.6 is 0 Å². The SMILES string of the molecule is CB(O)Nc1cc(C(=O)Nc2cc(C(=O)Nc3cc(C(=O)NCCCNC(=O)c4cc(NC(=O)c5cc(NC(=O)c6cc(C(=N)B=O)cn6C)cn5C)cn4C)n(C)c3)n(C)c2)n(C)c1. The summed E-state index contributed by atoms with van der Waals surface area (Å²) in [5, 5.41) is 36.8. The second-order valence-corrected chi connectivity index (χ2v) is 15.4. The van der Waals surface area contributed by atoms with E-state index in [-0.39, 0.29) is 47.2 Å². The van der Waals surface area contributed by atoms with E-state index in [9.17, 15) is 38.5 Å². The predicted molar refractivity (Wildman–Crippen MR) is 244 cm³/mol. The predicted octanol–water partition coefficient (Wildman–Crippen LogP) is 2.17. The number of aromatic nitrogens is 6. The first-order chi connectivity index (χ1) is 30.8. The second kappa shape index (κ2) is 19.5. The minimum atomic E-state index is -0.799. The van der Waals surface area contributed by atoms with Crippen LogP contribution in [-0.4, -0.2) is 101 Å². The van der Waals surface area contributed by atoms with Crippen LogP contribution in [-0.2, 0) is 47.0 Å². The van der Waals surface area contributed by atoms with Gasteiger partial charge in [-0.25, -0.2) is 0 Å². The van der Waals surface area contributed by atoms with E-state index in [1.165, 1.54) is 45.7 Å². The molecular formula is C41H48B2N14O8. The quantitative estimate of drug-likeness (QED) is 0.0347. The normalized spacial score (nSPS) is 10.8. The average molecular weight is 887 g/mol. The number of nitrogens with one attached hydrogen (secondary N) is 8. The Balaban J connectivity index is 0.944. The van der Waals surface area contributed by atoms with Gasteiger partial charge in [-0.2, -0.15) is 0 Å². The van der Waals surface area contributed by atoms with Crippen LogP contribution in [0.2, 0.25) is 6.82 Å². The Morgan fingerprint density at radius 2 is 0.800 bits per heavy atom. The van der Waals surface area contributed by atoms with Crippen molar-refractivity contribution in [2.45, 2.75) is 13.2 Å². The molecule has 0 unspecified atom stereocenters. The molecule has 6 rings (SSSR count). The van der Waals surface area contributed by atoms with Crippen LogP contribution < -0.4 is 37.1 Å². The molecular weight excluding hydrogens is 838 g/mol. The number of rotatable bonds is 18. The van der Waals surface area contributed by atoms with Gasteiger partial charge in [0.05, 0.1) is 11.4 Å². The molecule has 0 aliphatic heterocycles. The van der Waals surface area contributed by atoms with Gasteiger partial charge >= 0.3 is 138 Å². The van der Waals surface area contributed by atoms with Gasteiger partial charge in [0.15, 0.2) is 0 Å². The second-order valence-electron chi connectivity index (χ2n) is 15.4. The molecule has 0 saturated heterocycles. The first-order valence-electron chi connectivity index (χ1n) is 20.1. The number of hydrogen-bond acceptors (Lipinski definition) is 10. The maximum atomic E-state index is 13.2. The van der Waals surface area contributed by atoms with Crippen molar-refractivity contribution in [3.8, 4) is 0 Å². The van der Waals surface area contributed by atoms with Gasteiger partial charge in [0, 0.05) is 71.8 Å². The van der Waals surface area contributed by atoms with Crippen molar-refractivity contribution in [2.75, 3.05) is 39.6 Å². The number of hydrogen-bond donors (Lipinski definition) is 9. The van der Waals surface area contributed by atoms with Gasteiger partial charge < -0.3 is 49.8 Å². The van der Waals surface area contributed by atoms with Gasteiger partial charge in [0.25, 0.3) is 23.6 Å². The molecule has 0 spiro atoms. The molecule has 0 fully saturated rings. The summed E-state index contributed by atoms with van der Waals surface area (Å²) in [5.74, 6) is -2.66. The summed E-state index contributed by atoms with van der Waals surface area (Å²) in [5.41, 5.74) is 3.66. The summed E-state index contributed by atoms with van der Waals surface area (Å²) < 4.78 is 20.3. The van der Waals surface area contributed by atoms with E-state index in [0.29, 0.717) is 53.3 Å². The standard InChI is InChI=1S/C41H48B2N14O8/c1-43(65)51-28-16-34(57(7)22-28)41(63)50-27-15-33(56(6)21-27)40(62)49-25-13-31(54(4)19-25)37(59)46-10-8-9-45-36(58)30-12-24(18-53(30)3)48-39(61)32-14-26(20-55(32)5)47-38(60)29-11-23(17-52(29)2)35(44)42-64/h11-22,44,51,65H,8-10H2,1-7H3,(H,45,58)(H,46,59)(H,47,60)(H,48,61)(H,49,62)(H,50,63). The molecule has 0 saturated carbocycles. The minimum absolute atomic E-state index is 0.214. The fourth-order valence-corrected chi connectivity index (χ4v) is 7.00. The molecule has 6 amide bonds. The molecule has 0 atom stereocenters. The van der Waals surface area contributed by atoms with Crippen LogP contribution in [0.3, 0.4) is 0 Å². The van der Waals surface area contributed by atoms with Gasteiger partial charge in [-0.1, -0.05) is 0 Å². The van der Waals surface area contributed by atoms with E-state index in [4.69, 9.17) is 5.41 Å². The number of carbonyl (C=O) groups excluding carboxylic acids is 6. The Bertz CT molecular complexity index is 2860. The van der Waals surface area contributed by atoms with Crippen molar-refractivity contribution >= 4 is 83.7 Å². The van der Waals surface area contributed by atoms with E-state index in [0.717, 1.165) is 0 Å². The third-order valence-corrected chi connectivity index (χ3v) is 10.2. The Morgan fingerprint density at radius 1 is 0.508 bits per heavy atom. The van der Waals surface area contributed by atoms with Crippen molar-refractivity contribution in [1.29, 1.82) is 5.41 Å². The van der Waals surface area contributed by atoms with Crippen LogP contribution in [0.25, 0.3) is 0 Å². The zero-order chi connectivity index (χ0) is 47.3. The monoisotopic (exact) mass is 886 g/mol. The fourth-order valence-electron chi connectivity index (χ4n) is 7.00. The molecule has 0 aromatic carbocycles. The van der Waals surface area contributed by atoms with Crippen molar-refractivity contribution < 1.29 is 38.5 Å². The van der Waals surface area contributed by atoms with Crippen LogP contribution in [0.5, 0.6) is 0 Å². The fraction of sp³-hybridized carbons (Fsp3) is 0.244. The summed E-state index contributed by atoms with van der Waals surface area (Å²) in [6.45, 7) is 2.02. The first-order valence-corrected chi connectivity index (χ1v) is 20.1. The molecule has 336 valence electrons. The molecule has 0 aliphatic carbocycles. The van der Waals surface area contributed by atoms with Gasteiger partial charge in [-0.05, 0) is 37.5 Å². The van der Waals surface area contributed by atoms with Crippen molar-refractivity contribution in [3.63, 3.8) is 0 Å². The van der Waals surface area contributed by atoms with Crippen LogP contribution in [0, 0.1) is 5.41 Å². The van der Waals surface area contributed by atoms with E-state index in [1.54, 1.807) is 104 Å². The zero-order valence-electron chi connectivity index (χ0n) is 36.7. The van der Waals surface area contributed by atoms with Gasteiger partial charge in [-0.3, -0.25) is 19.2 Å². The number of carbonyl (C=O) groups is 6. The number of anilines is 5. The minimum Gasteiger partial charge on any atom is -0.345 e. The Labute approximate surface area is 373 Å². The molecule has 0 radical (unpaired) electrons. The summed E-state index contributed by atoms with van der Waals surface area (Å²) in [4.78, 5) is 78.4. The van der Waals surface area contributed by atoms with Crippen LogP contribution in [0.4, 0.5) is 28.4 Å². The molecule has 6 aromatic rings. The average Bonchev–Trinajstić information content (AvgIpc) is 4.10. The molecule has 22 nitrogen and oxygen atoms in total. The molecule has 9 N–H and O–H groups in total. The van der Waals surface area contributed by atoms with E-state index in [2.05, 4.69) is 37.1 Å². The van der Waals surface area contributed by atoms with Gasteiger partial charge in [0.2, 0.25) is 0 Å². The van der Waals surface area contributed by atoms with Gasteiger partial charge in [-0.15, -0.1) is 0 Å². The third kappa shape index (κ3) is 10.9. The summed E-state index contributed by atoms with van der Waals surface area (Å²) >= 11 is 0. The largest absolute Gasteiger partial charge is 0.345 e. The molecule has 24 heteroatoms. The Kier molecular flexibility index (Phi) is 13.9. The smallest absolute Gasteiger partial charge is 0.0276 e. The molecule has 6 aromatic heterocycles. The third-order valence-electron chi connectivity index (χ3n) is 10.2. The van der Waals surface area contributed by atoms with Crippen LogP contribution in [0.15, 0.2) is 73.6 Å². The van der Waals surface area contributed by atoms with E-state index < -0.39 is 42.5 Å². The Hall–Kier alpha value is -8.14.